The average Bonchev–Trinajstić information content (AvgIpc) is 2.30. The van der Waals surface area contributed by atoms with Crippen molar-refractivity contribution in [2.45, 2.75) is 19.8 Å². The van der Waals surface area contributed by atoms with Gasteiger partial charge in [-0.25, -0.2) is 0 Å². The molecule has 0 aliphatic heterocycles. The molecule has 0 saturated carbocycles. The summed E-state index contributed by atoms with van der Waals surface area (Å²) in [5.41, 5.74) is 0. The Morgan fingerprint density at radius 1 is 1.50 bits per heavy atom. The molecule has 1 amide bonds. The summed E-state index contributed by atoms with van der Waals surface area (Å²) in [6, 6.07) is 0. The van der Waals surface area contributed by atoms with Gasteiger partial charge in [0.25, 0.3) is 0 Å². The number of methoxy groups -OCH3 is 1. The SMILES string of the molecule is CCC(CCO)CNC(=O)CNCCOC. The third-order valence-corrected chi connectivity index (χ3v) is 2.47. The summed E-state index contributed by atoms with van der Waals surface area (Å²) in [5.74, 6) is 0.361. The normalized spacial score (nSPS) is 12.4. The first-order valence-electron chi connectivity index (χ1n) is 5.81. The molecule has 0 aromatic carbocycles. The van der Waals surface area contributed by atoms with Gasteiger partial charge in [-0.05, 0) is 12.3 Å². The van der Waals surface area contributed by atoms with E-state index in [1.807, 2.05) is 0 Å². The molecule has 3 N–H and O–H groups in total. The highest BCUT2D eigenvalue weighted by Crippen LogP contribution is 2.05. The number of rotatable bonds is 10. The highest BCUT2D eigenvalue weighted by molar-refractivity contribution is 5.77. The van der Waals surface area contributed by atoms with Crippen LogP contribution < -0.4 is 10.6 Å². The Labute approximate surface area is 97.6 Å². The summed E-state index contributed by atoms with van der Waals surface area (Å²) in [7, 11) is 1.63. The van der Waals surface area contributed by atoms with E-state index in [-0.39, 0.29) is 12.5 Å². The quantitative estimate of drug-likeness (QED) is 0.454. The molecule has 0 heterocycles. The number of aliphatic hydroxyl groups is 1. The van der Waals surface area contributed by atoms with E-state index in [0.29, 0.717) is 32.2 Å². The maximum Gasteiger partial charge on any atom is 0.233 e. The van der Waals surface area contributed by atoms with Crippen molar-refractivity contribution in [3.05, 3.63) is 0 Å². The number of hydrogen-bond donors (Lipinski definition) is 3. The van der Waals surface area contributed by atoms with E-state index >= 15 is 0 Å². The zero-order valence-corrected chi connectivity index (χ0v) is 10.3. The van der Waals surface area contributed by atoms with Gasteiger partial charge in [0.05, 0.1) is 13.2 Å². The highest BCUT2D eigenvalue weighted by atomic mass is 16.5. The van der Waals surface area contributed by atoms with Crippen LogP contribution in [0, 0.1) is 5.92 Å². The van der Waals surface area contributed by atoms with Gasteiger partial charge in [-0.2, -0.15) is 0 Å². The van der Waals surface area contributed by atoms with Crippen LogP contribution in [0.2, 0.25) is 0 Å². The minimum absolute atomic E-state index is 0.00695. The lowest BCUT2D eigenvalue weighted by atomic mass is 10.0. The van der Waals surface area contributed by atoms with Crippen molar-refractivity contribution in [2.75, 3.05) is 40.0 Å². The van der Waals surface area contributed by atoms with E-state index in [9.17, 15) is 4.79 Å². The van der Waals surface area contributed by atoms with E-state index < -0.39 is 0 Å². The van der Waals surface area contributed by atoms with Crippen LogP contribution in [-0.4, -0.2) is 51.0 Å². The molecule has 1 atom stereocenters. The molecule has 0 bridgehead atoms. The van der Waals surface area contributed by atoms with Gasteiger partial charge in [0.15, 0.2) is 0 Å². The van der Waals surface area contributed by atoms with Gasteiger partial charge < -0.3 is 20.5 Å². The van der Waals surface area contributed by atoms with Crippen LogP contribution in [0.3, 0.4) is 0 Å². The minimum Gasteiger partial charge on any atom is -0.396 e. The van der Waals surface area contributed by atoms with Crippen LogP contribution in [0.25, 0.3) is 0 Å². The summed E-state index contributed by atoms with van der Waals surface area (Å²) < 4.78 is 4.85. The molecule has 0 aliphatic carbocycles. The Morgan fingerprint density at radius 2 is 2.25 bits per heavy atom. The fraction of sp³-hybridized carbons (Fsp3) is 0.909. The zero-order chi connectivity index (χ0) is 12.2. The molecule has 5 heteroatoms. The number of amides is 1. The Kier molecular flexibility index (Phi) is 10.4. The van der Waals surface area contributed by atoms with E-state index in [0.717, 1.165) is 12.8 Å². The van der Waals surface area contributed by atoms with Gasteiger partial charge in [0, 0.05) is 26.8 Å². The molecule has 0 spiro atoms. The monoisotopic (exact) mass is 232 g/mol. The number of nitrogens with one attached hydrogen (secondary N) is 2. The molecule has 0 rings (SSSR count). The number of carbonyl (C=O) groups is 1. The number of aliphatic hydroxyl groups excluding tert-OH is 1. The molecular formula is C11H24N2O3. The molecule has 1 unspecified atom stereocenters. The van der Waals surface area contributed by atoms with Gasteiger partial charge in [-0.1, -0.05) is 13.3 Å². The smallest absolute Gasteiger partial charge is 0.233 e. The Hall–Kier alpha value is -0.650. The zero-order valence-electron chi connectivity index (χ0n) is 10.3. The van der Waals surface area contributed by atoms with E-state index in [2.05, 4.69) is 17.6 Å². The molecule has 0 aromatic heterocycles. The maximum absolute atomic E-state index is 11.4. The molecule has 0 saturated heterocycles. The lowest BCUT2D eigenvalue weighted by molar-refractivity contribution is -0.120. The Morgan fingerprint density at radius 3 is 2.81 bits per heavy atom. The molecule has 0 aromatic rings. The largest absolute Gasteiger partial charge is 0.396 e. The summed E-state index contributed by atoms with van der Waals surface area (Å²) >= 11 is 0. The van der Waals surface area contributed by atoms with Crippen LogP contribution in [0.4, 0.5) is 0 Å². The van der Waals surface area contributed by atoms with Crippen molar-refractivity contribution < 1.29 is 14.6 Å². The molecule has 16 heavy (non-hydrogen) atoms. The third-order valence-electron chi connectivity index (χ3n) is 2.47. The lowest BCUT2D eigenvalue weighted by Gasteiger charge is -2.14. The molecule has 0 aliphatic rings. The number of hydrogen-bond acceptors (Lipinski definition) is 4. The van der Waals surface area contributed by atoms with Crippen LogP contribution in [-0.2, 0) is 9.53 Å². The average molecular weight is 232 g/mol. The van der Waals surface area contributed by atoms with Crippen LogP contribution >= 0.6 is 0 Å². The van der Waals surface area contributed by atoms with Crippen LogP contribution in [0.1, 0.15) is 19.8 Å². The van der Waals surface area contributed by atoms with Crippen molar-refractivity contribution >= 4 is 5.91 Å². The van der Waals surface area contributed by atoms with E-state index in [4.69, 9.17) is 9.84 Å². The summed E-state index contributed by atoms with van der Waals surface area (Å²) in [6.45, 7) is 4.48. The van der Waals surface area contributed by atoms with Crippen molar-refractivity contribution in [3.8, 4) is 0 Å². The van der Waals surface area contributed by atoms with Gasteiger partial charge in [0.2, 0.25) is 5.91 Å². The second-order valence-corrected chi connectivity index (χ2v) is 3.76. The highest BCUT2D eigenvalue weighted by Gasteiger charge is 2.07. The van der Waals surface area contributed by atoms with Gasteiger partial charge >= 0.3 is 0 Å². The van der Waals surface area contributed by atoms with Gasteiger partial charge in [0.1, 0.15) is 0 Å². The van der Waals surface area contributed by atoms with Crippen molar-refractivity contribution in [2.24, 2.45) is 5.92 Å². The maximum atomic E-state index is 11.4. The Bertz CT molecular complexity index is 177. The number of carbonyl (C=O) groups excluding carboxylic acids is 1. The fourth-order valence-corrected chi connectivity index (χ4v) is 1.33. The van der Waals surface area contributed by atoms with E-state index in [1.54, 1.807) is 7.11 Å². The molecule has 96 valence electrons. The van der Waals surface area contributed by atoms with Crippen molar-refractivity contribution in [3.63, 3.8) is 0 Å². The second-order valence-electron chi connectivity index (χ2n) is 3.76. The van der Waals surface area contributed by atoms with Crippen LogP contribution in [0.5, 0.6) is 0 Å². The first-order valence-corrected chi connectivity index (χ1v) is 5.81. The lowest BCUT2D eigenvalue weighted by Crippen LogP contribution is -2.37. The van der Waals surface area contributed by atoms with Gasteiger partial charge in [-0.15, -0.1) is 0 Å². The number of ether oxygens (including phenoxy) is 1. The Balaban J connectivity index is 3.47. The standard InChI is InChI=1S/C11H24N2O3/c1-3-10(4-6-14)8-13-11(15)9-12-5-7-16-2/h10,12,14H,3-9H2,1-2H3,(H,13,15). The molecule has 0 fully saturated rings. The topological polar surface area (TPSA) is 70.6 Å². The van der Waals surface area contributed by atoms with Crippen molar-refractivity contribution in [1.82, 2.24) is 10.6 Å². The van der Waals surface area contributed by atoms with Crippen molar-refractivity contribution in [1.29, 1.82) is 0 Å². The van der Waals surface area contributed by atoms with E-state index in [1.165, 1.54) is 0 Å². The summed E-state index contributed by atoms with van der Waals surface area (Å²) in [4.78, 5) is 11.4. The summed E-state index contributed by atoms with van der Waals surface area (Å²) in [6.07, 6.45) is 1.71. The first-order chi connectivity index (χ1) is 7.74. The predicted molar refractivity (Wildman–Crippen MR) is 63.2 cm³/mol. The molecule has 5 nitrogen and oxygen atoms in total. The third kappa shape index (κ3) is 8.64. The predicted octanol–water partition coefficient (Wildman–Crippen LogP) is -0.253. The second kappa shape index (κ2) is 10.9. The molecular weight excluding hydrogens is 208 g/mol. The molecule has 0 radical (unpaired) electrons. The summed E-state index contributed by atoms with van der Waals surface area (Å²) in [5, 5.41) is 14.6. The first kappa shape index (κ1) is 15.3. The fourth-order valence-electron chi connectivity index (χ4n) is 1.33. The van der Waals surface area contributed by atoms with Gasteiger partial charge in [-0.3, -0.25) is 4.79 Å². The minimum atomic E-state index is -0.00695. The van der Waals surface area contributed by atoms with Crippen LogP contribution in [0.15, 0.2) is 0 Å².